The highest BCUT2D eigenvalue weighted by Gasteiger charge is 2.41. The molecule has 2 unspecified atom stereocenters. The Bertz CT molecular complexity index is 1050. The van der Waals surface area contributed by atoms with Crippen molar-refractivity contribution < 1.29 is 14.2 Å². The van der Waals surface area contributed by atoms with Crippen LogP contribution in [0.4, 0.5) is 0 Å². The molecule has 0 fully saturated rings. The van der Waals surface area contributed by atoms with Crippen molar-refractivity contribution >= 4 is 17.0 Å². The summed E-state index contributed by atoms with van der Waals surface area (Å²) in [6.07, 6.45) is 0.637. The number of hydrazone groups is 1. The van der Waals surface area contributed by atoms with E-state index in [9.17, 15) is 0 Å². The van der Waals surface area contributed by atoms with Crippen LogP contribution in [-0.2, 0) is 0 Å². The van der Waals surface area contributed by atoms with Crippen molar-refractivity contribution in [2.75, 3.05) is 6.79 Å². The van der Waals surface area contributed by atoms with Crippen molar-refractivity contribution in [3.05, 3.63) is 76.0 Å². The van der Waals surface area contributed by atoms with Crippen LogP contribution in [0, 0.1) is 0 Å². The summed E-state index contributed by atoms with van der Waals surface area (Å²) in [5.74, 6) is 2.52. The minimum absolute atomic E-state index is 0.169. The quantitative estimate of drug-likeness (QED) is 0.649. The zero-order valence-electron chi connectivity index (χ0n) is 14.4. The molecule has 4 heterocycles. The molecule has 3 aliphatic rings. The Morgan fingerprint density at radius 3 is 2.81 bits per heavy atom. The van der Waals surface area contributed by atoms with Crippen molar-refractivity contribution in [1.29, 1.82) is 0 Å². The fraction of sp³-hybridized carbons (Fsp3) is 0.190. The molecule has 0 spiro atoms. The number of hydrogen-bond donors (Lipinski definition) is 0. The van der Waals surface area contributed by atoms with Gasteiger partial charge in [0.05, 0.1) is 16.6 Å². The molecule has 5 nitrogen and oxygen atoms in total. The lowest BCUT2D eigenvalue weighted by Crippen LogP contribution is -2.33. The van der Waals surface area contributed by atoms with E-state index in [0.29, 0.717) is 0 Å². The predicted octanol–water partition coefficient (Wildman–Crippen LogP) is 4.72. The van der Waals surface area contributed by atoms with Crippen LogP contribution in [0.25, 0.3) is 0 Å². The average molecular weight is 376 g/mol. The standard InChI is InChI=1S/C21H16N2O3S/c1-2-5-17-14(4-1)16-11-15(13-7-8-18-19(10-13)25-12-24-18)22-23(16)21(26-17)20-6-3-9-27-20/h1-10,16,21H,11-12H2. The SMILES string of the molecule is c1csc(C2Oc3ccccc3C3CC(c4ccc5c(c4)OCO5)=NN32)c1. The molecule has 3 aliphatic heterocycles. The van der Waals surface area contributed by atoms with Gasteiger partial charge in [-0.3, -0.25) is 0 Å². The van der Waals surface area contributed by atoms with Gasteiger partial charge in [0.15, 0.2) is 11.5 Å². The third-order valence-corrected chi connectivity index (χ3v) is 6.09. The van der Waals surface area contributed by atoms with Crippen LogP contribution in [0.2, 0.25) is 0 Å². The molecule has 0 bridgehead atoms. The van der Waals surface area contributed by atoms with Gasteiger partial charge in [0.2, 0.25) is 13.0 Å². The molecule has 27 heavy (non-hydrogen) atoms. The first-order valence-corrected chi connectivity index (χ1v) is 9.79. The van der Waals surface area contributed by atoms with Gasteiger partial charge in [0.1, 0.15) is 5.75 Å². The van der Waals surface area contributed by atoms with Crippen molar-refractivity contribution in [3.63, 3.8) is 0 Å². The number of para-hydroxylation sites is 1. The second kappa shape index (κ2) is 5.76. The topological polar surface area (TPSA) is 43.3 Å². The smallest absolute Gasteiger partial charge is 0.231 e. The van der Waals surface area contributed by atoms with Gasteiger partial charge >= 0.3 is 0 Å². The fourth-order valence-electron chi connectivity index (χ4n) is 3.90. The highest BCUT2D eigenvalue weighted by Crippen LogP contribution is 2.48. The van der Waals surface area contributed by atoms with Gasteiger partial charge in [-0.1, -0.05) is 24.3 Å². The average Bonchev–Trinajstić information content (AvgIpc) is 3.47. The molecule has 6 heteroatoms. The van der Waals surface area contributed by atoms with E-state index in [1.165, 1.54) is 5.56 Å². The molecular weight excluding hydrogens is 360 g/mol. The van der Waals surface area contributed by atoms with Crippen LogP contribution in [0.15, 0.2) is 65.1 Å². The normalized spacial score (nSPS) is 22.1. The first kappa shape index (κ1) is 15.1. The highest BCUT2D eigenvalue weighted by molar-refractivity contribution is 7.10. The summed E-state index contributed by atoms with van der Waals surface area (Å²) >= 11 is 1.69. The number of fused-ring (bicyclic) bond motifs is 4. The zero-order valence-corrected chi connectivity index (χ0v) is 15.2. The van der Waals surface area contributed by atoms with E-state index in [1.807, 2.05) is 24.3 Å². The second-order valence-electron chi connectivity index (χ2n) is 6.74. The Labute approximate surface area is 160 Å². The molecule has 3 aromatic rings. The van der Waals surface area contributed by atoms with Gasteiger partial charge < -0.3 is 14.2 Å². The number of benzene rings is 2. The van der Waals surface area contributed by atoms with Gasteiger partial charge in [-0.25, -0.2) is 5.01 Å². The van der Waals surface area contributed by atoms with Gasteiger partial charge in [-0.15, -0.1) is 11.3 Å². The maximum absolute atomic E-state index is 6.33. The molecule has 0 amide bonds. The summed E-state index contributed by atoms with van der Waals surface area (Å²) < 4.78 is 17.3. The lowest BCUT2D eigenvalue weighted by Gasteiger charge is -2.37. The maximum atomic E-state index is 6.33. The summed E-state index contributed by atoms with van der Waals surface area (Å²) in [5.41, 5.74) is 3.29. The van der Waals surface area contributed by atoms with Crippen molar-refractivity contribution in [2.24, 2.45) is 5.10 Å². The molecule has 2 atom stereocenters. The fourth-order valence-corrected chi connectivity index (χ4v) is 4.65. The lowest BCUT2D eigenvalue weighted by atomic mass is 9.96. The lowest BCUT2D eigenvalue weighted by molar-refractivity contribution is -0.0165. The minimum atomic E-state index is -0.198. The van der Waals surface area contributed by atoms with E-state index in [0.717, 1.165) is 39.8 Å². The first-order valence-electron chi connectivity index (χ1n) is 8.92. The molecule has 1 aromatic heterocycles. The Morgan fingerprint density at radius 1 is 0.963 bits per heavy atom. The van der Waals surface area contributed by atoms with Gasteiger partial charge in [0.25, 0.3) is 0 Å². The largest absolute Gasteiger partial charge is 0.464 e. The van der Waals surface area contributed by atoms with Crippen LogP contribution in [0.5, 0.6) is 17.2 Å². The Hall–Kier alpha value is -2.99. The first-order chi connectivity index (χ1) is 13.4. The third-order valence-electron chi connectivity index (χ3n) is 5.19. The summed E-state index contributed by atoms with van der Waals surface area (Å²) in [4.78, 5) is 1.16. The Morgan fingerprint density at radius 2 is 1.89 bits per heavy atom. The van der Waals surface area contributed by atoms with Crippen LogP contribution in [0.3, 0.4) is 0 Å². The number of ether oxygens (including phenoxy) is 3. The predicted molar refractivity (Wildman–Crippen MR) is 102 cm³/mol. The number of thiophene rings is 1. The maximum Gasteiger partial charge on any atom is 0.231 e. The van der Waals surface area contributed by atoms with Crippen LogP contribution >= 0.6 is 11.3 Å². The Kier molecular flexibility index (Phi) is 3.22. The monoisotopic (exact) mass is 376 g/mol. The summed E-state index contributed by atoms with van der Waals surface area (Å²) in [6, 6.07) is 18.6. The molecule has 0 saturated heterocycles. The number of nitrogens with zero attached hydrogens (tertiary/aromatic N) is 2. The van der Waals surface area contributed by atoms with Crippen LogP contribution < -0.4 is 14.2 Å². The number of hydrogen-bond acceptors (Lipinski definition) is 6. The van der Waals surface area contributed by atoms with Crippen molar-refractivity contribution in [3.8, 4) is 17.2 Å². The van der Waals surface area contributed by atoms with E-state index >= 15 is 0 Å². The van der Waals surface area contributed by atoms with E-state index < -0.39 is 0 Å². The molecule has 6 rings (SSSR count). The zero-order chi connectivity index (χ0) is 17.8. The summed E-state index contributed by atoms with van der Waals surface area (Å²) in [6.45, 7) is 0.279. The van der Waals surface area contributed by atoms with E-state index in [2.05, 4.69) is 40.7 Å². The molecule has 0 saturated carbocycles. The Balaban J connectivity index is 1.43. The summed E-state index contributed by atoms with van der Waals surface area (Å²) in [7, 11) is 0. The third kappa shape index (κ3) is 2.33. The second-order valence-corrected chi connectivity index (χ2v) is 7.72. The summed E-state index contributed by atoms with van der Waals surface area (Å²) in [5, 5.41) is 9.16. The van der Waals surface area contributed by atoms with E-state index in [1.54, 1.807) is 11.3 Å². The van der Waals surface area contributed by atoms with E-state index in [4.69, 9.17) is 19.3 Å². The molecule has 134 valence electrons. The highest BCUT2D eigenvalue weighted by atomic mass is 32.1. The molecule has 0 radical (unpaired) electrons. The van der Waals surface area contributed by atoms with Crippen LogP contribution in [-0.4, -0.2) is 17.5 Å². The van der Waals surface area contributed by atoms with Gasteiger partial charge in [-0.2, -0.15) is 5.10 Å². The van der Waals surface area contributed by atoms with Crippen molar-refractivity contribution in [2.45, 2.75) is 18.7 Å². The number of rotatable bonds is 2. The molecule has 2 aromatic carbocycles. The van der Waals surface area contributed by atoms with Gasteiger partial charge in [-0.05, 0) is 35.7 Å². The van der Waals surface area contributed by atoms with E-state index in [-0.39, 0.29) is 19.1 Å². The van der Waals surface area contributed by atoms with Gasteiger partial charge in [0, 0.05) is 17.5 Å². The minimum Gasteiger partial charge on any atom is -0.464 e. The van der Waals surface area contributed by atoms with Crippen LogP contribution in [0.1, 0.15) is 34.7 Å². The molecular formula is C21H16N2O3S. The molecule has 0 aliphatic carbocycles. The van der Waals surface area contributed by atoms with Crippen molar-refractivity contribution in [1.82, 2.24) is 5.01 Å². The molecule has 0 N–H and O–H groups in total.